The van der Waals surface area contributed by atoms with Crippen LogP contribution in [0, 0.1) is 12.8 Å². The number of rotatable bonds is 3. The molecule has 5 heteroatoms. The van der Waals surface area contributed by atoms with Crippen LogP contribution >= 0.6 is 23.7 Å². The molecule has 0 aromatic carbocycles. The van der Waals surface area contributed by atoms with Crippen LogP contribution in [0.2, 0.25) is 0 Å². The Morgan fingerprint density at radius 3 is 3.00 bits per heavy atom. The summed E-state index contributed by atoms with van der Waals surface area (Å²) in [6.07, 6.45) is 1.17. The number of hydrogen-bond donors (Lipinski definition) is 2. The molecule has 0 radical (unpaired) electrons. The van der Waals surface area contributed by atoms with E-state index in [9.17, 15) is 4.79 Å². The van der Waals surface area contributed by atoms with E-state index in [-0.39, 0.29) is 18.3 Å². The third-order valence-corrected chi connectivity index (χ3v) is 3.68. The molecule has 1 aliphatic rings. The summed E-state index contributed by atoms with van der Waals surface area (Å²) in [5.41, 5.74) is 1.90. The second kappa shape index (κ2) is 6.23. The highest BCUT2D eigenvalue weighted by Gasteiger charge is 2.16. The standard InChI is InChI=1S/C11H16N2OS.ClH/c1-8-6-15-7-10(8)11(14)13-5-9-2-3-12-4-9;/h6-7,9,12H,2-5H2,1H3,(H,13,14);1H. The predicted molar refractivity (Wildman–Crippen MR) is 69.6 cm³/mol. The van der Waals surface area contributed by atoms with Crippen LogP contribution in [-0.4, -0.2) is 25.5 Å². The minimum absolute atomic E-state index is 0. The van der Waals surface area contributed by atoms with Gasteiger partial charge in [0.2, 0.25) is 0 Å². The molecule has 1 amide bonds. The van der Waals surface area contributed by atoms with Crippen LogP contribution in [0.1, 0.15) is 22.3 Å². The van der Waals surface area contributed by atoms with Gasteiger partial charge < -0.3 is 10.6 Å². The minimum atomic E-state index is 0. The second-order valence-corrected chi connectivity index (χ2v) is 4.78. The van der Waals surface area contributed by atoms with Crippen molar-refractivity contribution >= 4 is 29.7 Å². The highest BCUT2D eigenvalue weighted by Crippen LogP contribution is 2.13. The fraction of sp³-hybridized carbons (Fsp3) is 0.545. The number of carbonyl (C=O) groups is 1. The summed E-state index contributed by atoms with van der Waals surface area (Å²) in [7, 11) is 0. The molecule has 1 fully saturated rings. The Hall–Kier alpha value is -0.580. The molecule has 90 valence electrons. The molecule has 2 rings (SSSR count). The molecule has 1 aromatic heterocycles. The molecule has 0 aliphatic carbocycles. The molecule has 1 aromatic rings. The van der Waals surface area contributed by atoms with E-state index in [1.54, 1.807) is 11.3 Å². The Morgan fingerprint density at radius 2 is 2.44 bits per heavy atom. The van der Waals surface area contributed by atoms with Crippen LogP contribution in [0.15, 0.2) is 10.8 Å². The Balaban J connectivity index is 0.00000128. The van der Waals surface area contributed by atoms with Crippen LogP contribution in [-0.2, 0) is 0 Å². The third-order valence-electron chi connectivity index (χ3n) is 2.81. The first-order valence-corrected chi connectivity index (χ1v) is 6.23. The maximum atomic E-state index is 11.8. The highest BCUT2D eigenvalue weighted by molar-refractivity contribution is 7.08. The molecule has 3 nitrogen and oxygen atoms in total. The number of carbonyl (C=O) groups excluding carboxylic acids is 1. The fourth-order valence-electron chi connectivity index (χ4n) is 1.81. The predicted octanol–water partition coefficient (Wildman–Crippen LogP) is 1.82. The number of aryl methyl sites for hydroxylation is 1. The average Bonchev–Trinajstić information content (AvgIpc) is 2.84. The summed E-state index contributed by atoms with van der Waals surface area (Å²) >= 11 is 1.58. The van der Waals surface area contributed by atoms with Crippen molar-refractivity contribution in [2.75, 3.05) is 19.6 Å². The minimum Gasteiger partial charge on any atom is -0.352 e. The molecule has 1 aliphatic heterocycles. The molecule has 0 bridgehead atoms. The van der Waals surface area contributed by atoms with E-state index >= 15 is 0 Å². The van der Waals surface area contributed by atoms with Gasteiger partial charge in [-0.15, -0.1) is 12.4 Å². The normalized spacial score (nSPS) is 19.2. The quantitative estimate of drug-likeness (QED) is 0.871. The molecular formula is C11H17ClN2OS. The summed E-state index contributed by atoms with van der Waals surface area (Å²) in [5, 5.41) is 10.2. The Bertz CT molecular complexity index is 348. The largest absolute Gasteiger partial charge is 0.352 e. The van der Waals surface area contributed by atoms with Crippen LogP contribution in [0.4, 0.5) is 0 Å². The zero-order valence-corrected chi connectivity index (χ0v) is 10.9. The van der Waals surface area contributed by atoms with E-state index in [0.29, 0.717) is 5.92 Å². The maximum absolute atomic E-state index is 11.8. The fourth-order valence-corrected chi connectivity index (χ4v) is 2.64. The van der Waals surface area contributed by atoms with Gasteiger partial charge in [-0.2, -0.15) is 11.3 Å². The van der Waals surface area contributed by atoms with Gasteiger partial charge in [0.25, 0.3) is 5.91 Å². The van der Waals surface area contributed by atoms with Gasteiger partial charge in [-0.05, 0) is 43.3 Å². The number of halogens is 1. The molecule has 0 saturated carbocycles. The molecule has 1 saturated heterocycles. The first kappa shape index (κ1) is 13.5. The second-order valence-electron chi connectivity index (χ2n) is 4.04. The summed E-state index contributed by atoms with van der Waals surface area (Å²) in [4.78, 5) is 11.8. The van der Waals surface area contributed by atoms with E-state index in [1.807, 2.05) is 17.7 Å². The first-order chi connectivity index (χ1) is 7.27. The Kier molecular flexibility index (Phi) is 5.25. The zero-order chi connectivity index (χ0) is 10.7. The van der Waals surface area contributed by atoms with Crippen molar-refractivity contribution < 1.29 is 4.79 Å². The molecule has 16 heavy (non-hydrogen) atoms. The van der Waals surface area contributed by atoms with Gasteiger partial charge in [0, 0.05) is 11.9 Å². The smallest absolute Gasteiger partial charge is 0.252 e. The van der Waals surface area contributed by atoms with E-state index in [4.69, 9.17) is 0 Å². The van der Waals surface area contributed by atoms with Crippen LogP contribution in [0.3, 0.4) is 0 Å². The number of nitrogens with one attached hydrogen (secondary N) is 2. The van der Waals surface area contributed by atoms with Crippen molar-refractivity contribution in [3.63, 3.8) is 0 Å². The highest BCUT2D eigenvalue weighted by atomic mass is 35.5. The van der Waals surface area contributed by atoms with Crippen molar-refractivity contribution in [1.29, 1.82) is 0 Å². The van der Waals surface area contributed by atoms with Crippen molar-refractivity contribution in [3.05, 3.63) is 21.9 Å². The average molecular weight is 261 g/mol. The number of hydrogen-bond acceptors (Lipinski definition) is 3. The summed E-state index contributed by atoms with van der Waals surface area (Å²) in [6, 6.07) is 0. The van der Waals surface area contributed by atoms with Crippen molar-refractivity contribution in [2.24, 2.45) is 5.92 Å². The molecule has 2 N–H and O–H groups in total. The lowest BCUT2D eigenvalue weighted by atomic mass is 10.1. The summed E-state index contributed by atoms with van der Waals surface area (Å²) in [6.45, 7) is 4.88. The molecule has 0 spiro atoms. The molecule has 1 atom stereocenters. The van der Waals surface area contributed by atoms with Gasteiger partial charge >= 0.3 is 0 Å². The summed E-state index contributed by atoms with van der Waals surface area (Å²) in [5.74, 6) is 0.675. The monoisotopic (exact) mass is 260 g/mol. The number of thiophene rings is 1. The molecule has 1 unspecified atom stereocenters. The van der Waals surface area contributed by atoms with Gasteiger partial charge in [-0.25, -0.2) is 0 Å². The molecule has 2 heterocycles. The van der Waals surface area contributed by atoms with Gasteiger partial charge in [0.15, 0.2) is 0 Å². The van der Waals surface area contributed by atoms with Crippen LogP contribution in [0.25, 0.3) is 0 Å². The van der Waals surface area contributed by atoms with Crippen molar-refractivity contribution in [3.8, 4) is 0 Å². The van der Waals surface area contributed by atoms with E-state index < -0.39 is 0 Å². The lowest BCUT2D eigenvalue weighted by molar-refractivity contribution is 0.0948. The van der Waals surface area contributed by atoms with Crippen LogP contribution in [0.5, 0.6) is 0 Å². The first-order valence-electron chi connectivity index (χ1n) is 5.29. The SMILES string of the molecule is Cc1cscc1C(=O)NCC1CCNC1.Cl. The maximum Gasteiger partial charge on any atom is 0.252 e. The molecular weight excluding hydrogens is 244 g/mol. The van der Waals surface area contributed by atoms with Crippen LogP contribution < -0.4 is 10.6 Å². The van der Waals surface area contributed by atoms with E-state index in [0.717, 1.165) is 30.8 Å². The zero-order valence-electron chi connectivity index (χ0n) is 9.29. The van der Waals surface area contributed by atoms with Gasteiger partial charge in [-0.3, -0.25) is 4.79 Å². The van der Waals surface area contributed by atoms with E-state index in [1.165, 1.54) is 6.42 Å². The lowest BCUT2D eigenvalue weighted by Gasteiger charge is -2.09. The van der Waals surface area contributed by atoms with Gasteiger partial charge in [-0.1, -0.05) is 0 Å². The van der Waals surface area contributed by atoms with Gasteiger partial charge in [0.05, 0.1) is 5.56 Å². The van der Waals surface area contributed by atoms with E-state index in [2.05, 4.69) is 10.6 Å². The van der Waals surface area contributed by atoms with Gasteiger partial charge in [0.1, 0.15) is 0 Å². The lowest BCUT2D eigenvalue weighted by Crippen LogP contribution is -2.30. The van der Waals surface area contributed by atoms with Crippen molar-refractivity contribution in [2.45, 2.75) is 13.3 Å². The number of amides is 1. The third kappa shape index (κ3) is 3.20. The summed E-state index contributed by atoms with van der Waals surface area (Å²) < 4.78 is 0. The Morgan fingerprint density at radius 1 is 1.62 bits per heavy atom. The Labute approximate surface area is 106 Å². The topological polar surface area (TPSA) is 41.1 Å². The van der Waals surface area contributed by atoms with Crippen molar-refractivity contribution in [1.82, 2.24) is 10.6 Å².